The number of H-pyrrole nitrogens is 1. The van der Waals surface area contributed by atoms with E-state index in [1.807, 2.05) is 38.1 Å². The first kappa shape index (κ1) is 8.05. The second-order valence-corrected chi connectivity index (χ2v) is 3.25. The van der Waals surface area contributed by atoms with Gasteiger partial charge in [0.2, 0.25) is 0 Å². The summed E-state index contributed by atoms with van der Waals surface area (Å²) in [6.07, 6.45) is 0. The van der Waals surface area contributed by atoms with Crippen molar-refractivity contribution < 1.29 is 0 Å². The quantitative estimate of drug-likeness (QED) is 0.650. The van der Waals surface area contributed by atoms with Crippen LogP contribution in [0.3, 0.4) is 0 Å². The summed E-state index contributed by atoms with van der Waals surface area (Å²) in [6, 6.07) is 7.66. The van der Waals surface area contributed by atoms with Crippen LogP contribution in [0.4, 0.5) is 0 Å². The molecule has 0 saturated carbocycles. The van der Waals surface area contributed by atoms with Crippen molar-refractivity contribution in [3.05, 3.63) is 45.9 Å². The molecule has 0 bridgehead atoms. The Morgan fingerprint density at radius 2 is 1.69 bits per heavy atom. The molecule has 2 nitrogen and oxygen atoms in total. The molecule has 0 saturated heterocycles. The van der Waals surface area contributed by atoms with E-state index in [4.69, 9.17) is 0 Å². The van der Waals surface area contributed by atoms with Gasteiger partial charge in [-0.1, -0.05) is 18.2 Å². The monoisotopic (exact) mass is 173 g/mol. The summed E-state index contributed by atoms with van der Waals surface area (Å²) in [4.78, 5) is 14.3. The molecule has 0 spiro atoms. The number of pyridine rings is 1. The number of hydrogen-bond donors (Lipinski definition) is 1. The number of hydrogen-bond acceptors (Lipinski definition) is 1. The van der Waals surface area contributed by atoms with Gasteiger partial charge in [-0.15, -0.1) is 0 Å². The average Bonchev–Trinajstić information content (AvgIpc) is 2.15. The van der Waals surface area contributed by atoms with E-state index in [1.54, 1.807) is 0 Å². The van der Waals surface area contributed by atoms with Crippen molar-refractivity contribution in [2.24, 2.45) is 0 Å². The van der Waals surface area contributed by atoms with E-state index in [9.17, 15) is 4.79 Å². The molecule has 1 heterocycles. The van der Waals surface area contributed by atoms with Crippen molar-refractivity contribution >= 4 is 10.8 Å². The fourth-order valence-corrected chi connectivity index (χ4v) is 1.54. The lowest BCUT2D eigenvalue weighted by Gasteiger charge is -2.03. The molecule has 0 aliphatic heterocycles. The topological polar surface area (TPSA) is 32.9 Å². The van der Waals surface area contributed by atoms with E-state index in [0.29, 0.717) is 0 Å². The van der Waals surface area contributed by atoms with E-state index < -0.39 is 0 Å². The number of fused-ring (bicyclic) bond motifs is 1. The number of aryl methyl sites for hydroxylation is 2. The minimum Gasteiger partial charge on any atom is -0.326 e. The first-order chi connectivity index (χ1) is 6.20. The lowest BCUT2D eigenvalue weighted by atomic mass is 10.1. The zero-order valence-electron chi connectivity index (χ0n) is 7.72. The van der Waals surface area contributed by atoms with Crippen LogP contribution in [-0.2, 0) is 0 Å². The molecule has 1 aromatic heterocycles. The van der Waals surface area contributed by atoms with Crippen molar-refractivity contribution in [1.82, 2.24) is 4.98 Å². The van der Waals surface area contributed by atoms with Gasteiger partial charge in [0.25, 0.3) is 5.56 Å². The fraction of sp³-hybridized carbons (Fsp3) is 0.182. The number of rotatable bonds is 0. The summed E-state index contributed by atoms with van der Waals surface area (Å²) in [5.41, 5.74) is 2.10. The summed E-state index contributed by atoms with van der Waals surface area (Å²) in [7, 11) is 0. The Labute approximate surface area is 76.2 Å². The Kier molecular flexibility index (Phi) is 1.69. The molecule has 1 aromatic carbocycles. The maximum atomic E-state index is 11.5. The van der Waals surface area contributed by atoms with Crippen LogP contribution in [0.15, 0.2) is 29.1 Å². The van der Waals surface area contributed by atoms with Crippen LogP contribution < -0.4 is 5.56 Å². The summed E-state index contributed by atoms with van der Waals surface area (Å²) >= 11 is 0. The fourth-order valence-electron chi connectivity index (χ4n) is 1.54. The molecule has 0 aliphatic rings. The summed E-state index contributed by atoms with van der Waals surface area (Å²) in [6.45, 7) is 3.94. The molecule has 66 valence electrons. The van der Waals surface area contributed by atoms with Crippen molar-refractivity contribution in [3.8, 4) is 0 Å². The summed E-state index contributed by atoms with van der Waals surface area (Å²) in [5.74, 6) is 0. The minimum atomic E-state index is -0.00120. The second-order valence-electron chi connectivity index (χ2n) is 3.25. The van der Waals surface area contributed by atoms with Gasteiger partial charge >= 0.3 is 0 Å². The van der Waals surface area contributed by atoms with E-state index >= 15 is 0 Å². The van der Waals surface area contributed by atoms with Gasteiger partial charge in [0.15, 0.2) is 0 Å². The van der Waals surface area contributed by atoms with Crippen molar-refractivity contribution in [2.75, 3.05) is 0 Å². The van der Waals surface area contributed by atoms with Crippen LogP contribution in [-0.4, -0.2) is 4.98 Å². The Hall–Kier alpha value is -1.57. The molecule has 2 rings (SSSR count). The largest absolute Gasteiger partial charge is 0.326 e. The van der Waals surface area contributed by atoms with Gasteiger partial charge in [0, 0.05) is 11.1 Å². The van der Waals surface area contributed by atoms with Crippen LogP contribution in [0.5, 0.6) is 0 Å². The predicted octanol–water partition coefficient (Wildman–Crippen LogP) is 2.14. The lowest BCUT2D eigenvalue weighted by molar-refractivity contribution is 1.13. The second kappa shape index (κ2) is 2.73. The maximum Gasteiger partial charge on any atom is 0.256 e. The number of aromatic nitrogens is 1. The molecular weight excluding hydrogens is 162 g/mol. The maximum absolute atomic E-state index is 11.5. The van der Waals surface area contributed by atoms with Crippen LogP contribution in [0.2, 0.25) is 0 Å². The van der Waals surface area contributed by atoms with Crippen LogP contribution >= 0.6 is 0 Å². The van der Waals surface area contributed by atoms with Gasteiger partial charge in [-0.3, -0.25) is 4.79 Å². The third-order valence-electron chi connectivity index (χ3n) is 2.44. The van der Waals surface area contributed by atoms with E-state index in [1.165, 1.54) is 0 Å². The van der Waals surface area contributed by atoms with Crippen LogP contribution in [0.1, 0.15) is 11.3 Å². The average molecular weight is 173 g/mol. The van der Waals surface area contributed by atoms with Gasteiger partial charge < -0.3 is 4.98 Å². The SMILES string of the molecule is Cc1[nH]c(=O)c2ccccc2c1C. The molecule has 0 radical (unpaired) electrons. The first-order valence-electron chi connectivity index (χ1n) is 4.28. The smallest absolute Gasteiger partial charge is 0.256 e. The van der Waals surface area contributed by atoms with Crippen LogP contribution in [0, 0.1) is 13.8 Å². The highest BCUT2D eigenvalue weighted by Gasteiger charge is 2.02. The third kappa shape index (κ3) is 1.15. The summed E-state index contributed by atoms with van der Waals surface area (Å²) in [5, 5.41) is 1.81. The molecule has 0 unspecified atom stereocenters. The molecule has 0 aliphatic carbocycles. The molecule has 2 aromatic rings. The highest BCUT2D eigenvalue weighted by molar-refractivity contribution is 5.84. The van der Waals surface area contributed by atoms with E-state index in [2.05, 4.69) is 4.98 Å². The molecule has 0 atom stereocenters. The Morgan fingerprint density at radius 3 is 2.38 bits per heavy atom. The minimum absolute atomic E-state index is 0.00120. The highest BCUT2D eigenvalue weighted by Crippen LogP contribution is 2.15. The predicted molar refractivity (Wildman–Crippen MR) is 54.0 cm³/mol. The summed E-state index contributed by atoms with van der Waals surface area (Å²) < 4.78 is 0. The lowest BCUT2D eigenvalue weighted by Crippen LogP contribution is -2.09. The van der Waals surface area contributed by atoms with E-state index in [-0.39, 0.29) is 5.56 Å². The van der Waals surface area contributed by atoms with Gasteiger partial charge in [0.1, 0.15) is 0 Å². The highest BCUT2D eigenvalue weighted by atomic mass is 16.1. The standard InChI is InChI=1S/C11H11NO/c1-7-8(2)12-11(13)10-6-4-3-5-9(7)10/h3-6H,1-2H3,(H,12,13). The molecule has 1 N–H and O–H groups in total. The molecule has 0 fully saturated rings. The molecule has 0 amide bonds. The van der Waals surface area contributed by atoms with Gasteiger partial charge in [-0.25, -0.2) is 0 Å². The van der Waals surface area contributed by atoms with Crippen molar-refractivity contribution in [1.29, 1.82) is 0 Å². The van der Waals surface area contributed by atoms with Gasteiger partial charge in [-0.05, 0) is 30.9 Å². The Morgan fingerprint density at radius 1 is 1.08 bits per heavy atom. The zero-order chi connectivity index (χ0) is 9.42. The first-order valence-corrected chi connectivity index (χ1v) is 4.28. The normalized spacial score (nSPS) is 10.6. The van der Waals surface area contributed by atoms with Crippen molar-refractivity contribution in [2.45, 2.75) is 13.8 Å². The van der Waals surface area contributed by atoms with Gasteiger partial charge in [-0.2, -0.15) is 0 Å². The number of nitrogens with one attached hydrogen (secondary N) is 1. The Bertz CT molecular complexity index is 511. The Balaban J connectivity index is 3.06. The van der Waals surface area contributed by atoms with Crippen molar-refractivity contribution in [3.63, 3.8) is 0 Å². The van der Waals surface area contributed by atoms with Gasteiger partial charge in [0.05, 0.1) is 0 Å². The molecule has 2 heteroatoms. The zero-order valence-corrected chi connectivity index (χ0v) is 7.72. The molecular formula is C11H11NO. The van der Waals surface area contributed by atoms with Crippen LogP contribution in [0.25, 0.3) is 10.8 Å². The van der Waals surface area contributed by atoms with E-state index in [0.717, 1.165) is 22.0 Å². The number of benzene rings is 1. The third-order valence-corrected chi connectivity index (χ3v) is 2.44. The number of aromatic amines is 1. The molecule has 13 heavy (non-hydrogen) atoms.